The minimum Gasteiger partial charge on any atom is -0.377 e. The van der Waals surface area contributed by atoms with Crippen molar-refractivity contribution in [1.29, 1.82) is 0 Å². The Labute approximate surface area is 188 Å². The predicted molar refractivity (Wildman–Crippen MR) is 131 cm³/mol. The third kappa shape index (κ3) is 4.17. The Morgan fingerprint density at radius 1 is 0.812 bits per heavy atom. The Hall–Kier alpha value is -3.79. The summed E-state index contributed by atoms with van der Waals surface area (Å²) in [6.07, 6.45) is 6.31. The van der Waals surface area contributed by atoms with Crippen LogP contribution in [0.1, 0.15) is 24.0 Å². The van der Waals surface area contributed by atoms with E-state index in [-0.39, 0.29) is 5.69 Å². The summed E-state index contributed by atoms with van der Waals surface area (Å²) in [4.78, 5) is 17.5. The van der Waals surface area contributed by atoms with E-state index in [0.717, 1.165) is 37.0 Å². The number of piperidine rings is 1. The lowest BCUT2D eigenvalue weighted by Gasteiger charge is -2.29. The molecule has 0 atom stereocenters. The highest BCUT2D eigenvalue weighted by Gasteiger charge is 2.17. The largest absolute Gasteiger partial charge is 0.377 e. The number of fused-ring (bicyclic) bond motifs is 1. The fourth-order valence-corrected chi connectivity index (χ4v) is 4.57. The van der Waals surface area contributed by atoms with Crippen LogP contribution in [0.25, 0.3) is 16.6 Å². The van der Waals surface area contributed by atoms with Crippen molar-refractivity contribution in [3.8, 4) is 0 Å². The van der Waals surface area contributed by atoms with Gasteiger partial charge in [-0.15, -0.1) is 0 Å². The molecule has 0 spiro atoms. The third-order valence-electron chi connectivity index (χ3n) is 6.17. The standard InChI is InChI=1S/C28H27N3O/c32-28-29-25-14-7-8-15-26(25)31(28)19-9-18-30-20-16-24(17-21-30)27(22-10-3-1-4-11-22)23-12-5-2-6-13-23/h1-15,18H,16-17,19-21H2,(H,29,32). The zero-order chi connectivity index (χ0) is 21.8. The number of para-hydroxylation sites is 2. The van der Waals surface area contributed by atoms with E-state index >= 15 is 0 Å². The molecule has 1 aliphatic rings. The van der Waals surface area contributed by atoms with Crippen LogP contribution in [-0.2, 0) is 6.54 Å². The normalized spacial score (nSPS) is 14.4. The summed E-state index contributed by atoms with van der Waals surface area (Å²) in [6, 6.07) is 29.3. The van der Waals surface area contributed by atoms with E-state index in [2.05, 4.69) is 82.8 Å². The number of aromatic nitrogens is 2. The summed E-state index contributed by atoms with van der Waals surface area (Å²) in [6.45, 7) is 2.54. The molecule has 0 bridgehead atoms. The quantitative estimate of drug-likeness (QED) is 0.466. The first-order valence-electron chi connectivity index (χ1n) is 11.2. The van der Waals surface area contributed by atoms with Crippen molar-refractivity contribution in [3.63, 3.8) is 0 Å². The van der Waals surface area contributed by atoms with E-state index < -0.39 is 0 Å². The van der Waals surface area contributed by atoms with Gasteiger partial charge in [0.15, 0.2) is 0 Å². The lowest BCUT2D eigenvalue weighted by atomic mass is 9.88. The van der Waals surface area contributed by atoms with Crippen LogP contribution < -0.4 is 5.69 Å². The van der Waals surface area contributed by atoms with Crippen LogP contribution in [0.15, 0.2) is 108 Å². The number of H-pyrrole nitrogens is 1. The lowest BCUT2D eigenvalue weighted by Crippen LogP contribution is -2.26. The highest BCUT2D eigenvalue weighted by molar-refractivity contribution is 5.82. The van der Waals surface area contributed by atoms with E-state index in [1.54, 1.807) is 4.57 Å². The average molecular weight is 422 g/mol. The molecule has 3 aromatic carbocycles. The second-order valence-electron chi connectivity index (χ2n) is 8.19. The van der Waals surface area contributed by atoms with Gasteiger partial charge in [0.1, 0.15) is 0 Å². The van der Waals surface area contributed by atoms with Gasteiger partial charge in [-0.3, -0.25) is 4.57 Å². The molecule has 4 aromatic rings. The average Bonchev–Trinajstić information content (AvgIpc) is 3.17. The van der Waals surface area contributed by atoms with Crippen LogP contribution >= 0.6 is 0 Å². The maximum atomic E-state index is 12.3. The fraction of sp³-hybridized carbons (Fsp3) is 0.179. The monoisotopic (exact) mass is 421 g/mol. The van der Waals surface area contributed by atoms with E-state index in [0.29, 0.717) is 6.54 Å². The van der Waals surface area contributed by atoms with Crippen molar-refractivity contribution in [1.82, 2.24) is 14.5 Å². The van der Waals surface area contributed by atoms with Crippen molar-refractivity contribution in [3.05, 3.63) is 124 Å². The molecule has 0 radical (unpaired) electrons. The zero-order valence-corrected chi connectivity index (χ0v) is 18.1. The van der Waals surface area contributed by atoms with Crippen molar-refractivity contribution < 1.29 is 0 Å². The number of hydrogen-bond acceptors (Lipinski definition) is 2. The van der Waals surface area contributed by atoms with Crippen LogP contribution in [-0.4, -0.2) is 27.5 Å². The number of hydrogen-bond donors (Lipinski definition) is 1. The van der Waals surface area contributed by atoms with E-state index in [9.17, 15) is 4.79 Å². The predicted octanol–water partition coefficient (Wildman–Crippen LogP) is 5.44. The molecule has 0 unspecified atom stereocenters. The van der Waals surface area contributed by atoms with Crippen LogP contribution in [0.2, 0.25) is 0 Å². The second kappa shape index (κ2) is 9.15. The van der Waals surface area contributed by atoms with Crippen molar-refractivity contribution >= 4 is 16.6 Å². The molecule has 1 saturated heterocycles. The summed E-state index contributed by atoms with van der Waals surface area (Å²) >= 11 is 0. The van der Waals surface area contributed by atoms with Gasteiger partial charge < -0.3 is 9.88 Å². The van der Waals surface area contributed by atoms with Gasteiger partial charge in [-0.05, 0) is 54.0 Å². The van der Waals surface area contributed by atoms with Gasteiger partial charge in [-0.1, -0.05) is 78.4 Å². The number of rotatable bonds is 5. The molecule has 160 valence electrons. The number of benzene rings is 3. The molecule has 4 nitrogen and oxygen atoms in total. The van der Waals surface area contributed by atoms with Gasteiger partial charge in [0.2, 0.25) is 0 Å². The molecule has 0 aliphatic carbocycles. The molecular formula is C28H27N3O. The second-order valence-corrected chi connectivity index (χ2v) is 8.19. The smallest absolute Gasteiger partial charge is 0.326 e. The van der Waals surface area contributed by atoms with Gasteiger partial charge in [0.25, 0.3) is 0 Å². The molecule has 0 saturated carbocycles. The first-order chi connectivity index (χ1) is 15.8. The molecule has 1 fully saturated rings. The number of nitrogens with one attached hydrogen (secondary N) is 1. The highest BCUT2D eigenvalue weighted by atomic mass is 16.1. The summed E-state index contributed by atoms with van der Waals surface area (Å²) < 4.78 is 1.78. The van der Waals surface area contributed by atoms with Crippen LogP contribution in [0.5, 0.6) is 0 Å². The van der Waals surface area contributed by atoms with Crippen molar-refractivity contribution in [2.45, 2.75) is 19.4 Å². The van der Waals surface area contributed by atoms with Gasteiger partial charge >= 0.3 is 5.69 Å². The van der Waals surface area contributed by atoms with Gasteiger partial charge in [-0.2, -0.15) is 0 Å². The molecule has 2 heterocycles. The number of aromatic amines is 1. The van der Waals surface area contributed by atoms with Crippen molar-refractivity contribution in [2.75, 3.05) is 13.1 Å². The van der Waals surface area contributed by atoms with E-state index in [1.165, 1.54) is 22.3 Å². The Morgan fingerprint density at radius 3 is 2.06 bits per heavy atom. The molecule has 1 aliphatic heterocycles. The molecule has 1 aromatic heterocycles. The maximum Gasteiger partial charge on any atom is 0.326 e. The summed E-state index contributed by atoms with van der Waals surface area (Å²) in [5.74, 6) is 0. The molecule has 5 rings (SSSR count). The van der Waals surface area contributed by atoms with Crippen LogP contribution in [0.3, 0.4) is 0 Å². The van der Waals surface area contributed by atoms with Crippen LogP contribution in [0, 0.1) is 0 Å². The summed E-state index contributed by atoms with van der Waals surface area (Å²) in [7, 11) is 0. The molecular weight excluding hydrogens is 394 g/mol. The molecule has 1 N–H and O–H groups in total. The maximum absolute atomic E-state index is 12.3. The third-order valence-corrected chi connectivity index (χ3v) is 6.17. The van der Waals surface area contributed by atoms with E-state index in [1.807, 2.05) is 24.3 Å². The lowest BCUT2D eigenvalue weighted by molar-refractivity contribution is 0.349. The molecule has 4 heteroatoms. The first-order valence-corrected chi connectivity index (χ1v) is 11.2. The SMILES string of the molecule is O=c1[nH]c2ccccc2n1CC=CN1CCC(=C(c2ccccc2)c2ccccc2)CC1. The van der Waals surface area contributed by atoms with Crippen molar-refractivity contribution in [2.24, 2.45) is 0 Å². The summed E-state index contributed by atoms with van der Waals surface area (Å²) in [5.41, 5.74) is 7.23. The fourth-order valence-electron chi connectivity index (χ4n) is 4.57. The Kier molecular flexibility index (Phi) is 5.75. The van der Waals surface area contributed by atoms with Gasteiger partial charge in [0.05, 0.1) is 11.0 Å². The topological polar surface area (TPSA) is 41.0 Å². The minimum absolute atomic E-state index is 0.0601. The molecule has 32 heavy (non-hydrogen) atoms. The zero-order valence-electron chi connectivity index (χ0n) is 18.1. The summed E-state index contributed by atoms with van der Waals surface area (Å²) in [5, 5.41) is 0. The molecule has 0 amide bonds. The Bertz CT molecular complexity index is 1260. The van der Waals surface area contributed by atoms with Crippen LogP contribution in [0.4, 0.5) is 0 Å². The number of likely N-dealkylation sites (tertiary alicyclic amines) is 1. The number of imidazole rings is 1. The Balaban J connectivity index is 1.32. The number of nitrogens with zero attached hydrogens (tertiary/aromatic N) is 2. The van der Waals surface area contributed by atoms with E-state index in [4.69, 9.17) is 0 Å². The Morgan fingerprint density at radius 2 is 1.41 bits per heavy atom. The first kappa shape index (κ1) is 20.1. The highest BCUT2D eigenvalue weighted by Crippen LogP contribution is 2.32. The number of allylic oxidation sites excluding steroid dienone is 1. The van der Waals surface area contributed by atoms with Gasteiger partial charge in [-0.25, -0.2) is 4.79 Å². The minimum atomic E-state index is -0.0601. The van der Waals surface area contributed by atoms with Gasteiger partial charge in [0, 0.05) is 19.6 Å².